The molecule has 0 radical (unpaired) electrons. The van der Waals surface area contributed by atoms with Gasteiger partial charge in [-0.1, -0.05) is 135 Å². The van der Waals surface area contributed by atoms with Gasteiger partial charge in [0.2, 0.25) is 0 Å². The van der Waals surface area contributed by atoms with E-state index >= 15 is 0 Å². The molecule has 11 aromatic rings. The summed E-state index contributed by atoms with van der Waals surface area (Å²) in [5, 5.41) is 8.99. The smallest absolute Gasteiger partial charge is 0.144 e. The van der Waals surface area contributed by atoms with Gasteiger partial charge in [0.15, 0.2) is 0 Å². The third-order valence-corrected chi connectivity index (χ3v) is 12.2. The quantitative estimate of drug-likeness (QED) is 0.182. The molecule has 0 unspecified atom stereocenters. The second-order valence-corrected chi connectivity index (χ2v) is 15.7. The number of benzene rings is 9. The van der Waals surface area contributed by atoms with E-state index in [4.69, 9.17) is 8.83 Å². The summed E-state index contributed by atoms with van der Waals surface area (Å²) in [6.07, 6.45) is 0. The van der Waals surface area contributed by atoms with Crippen LogP contribution in [0, 0.1) is 0 Å². The van der Waals surface area contributed by atoms with Crippen molar-refractivity contribution < 1.29 is 8.83 Å². The average Bonchev–Trinajstić information content (AvgIpc) is 3.87. The van der Waals surface area contributed by atoms with E-state index in [2.05, 4.69) is 189 Å². The predicted molar refractivity (Wildman–Crippen MR) is 234 cm³/mol. The zero-order valence-corrected chi connectivity index (χ0v) is 31.0. The number of rotatable bonds is 4. The fraction of sp³-hybridized carbons (Fsp3) is 0.0566. The topological polar surface area (TPSA) is 29.5 Å². The number of anilines is 3. The summed E-state index contributed by atoms with van der Waals surface area (Å²) in [6, 6.07) is 63.4. The van der Waals surface area contributed by atoms with Crippen LogP contribution in [0.2, 0.25) is 0 Å². The third kappa shape index (κ3) is 4.40. The van der Waals surface area contributed by atoms with Crippen LogP contribution in [0.5, 0.6) is 0 Å². The van der Waals surface area contributed by atoms with E-state index < -0.39 is 0 Å². The average molecular weight is 718 g/mol. The number of para-hydroxylation sites is 1. The lowest BCUT2D eigenvalue weighted by molar-refractivity contribution is 0.660. The van der Waals surface area contributed by atoms with E-state index in [1.807, 2.05) is 6.07 Å². The summed E-state index contributed by atoms with van der Waals surface area (Å²) in [5.74, 6) is 0. The molecule has 0 N–H and O–H groups in total. The van der Waals surface area contributed by atoms with Gasteiger partial charge in [-0.25, -0.2) is 0 Å². The van der Waals surface area contributed by atoms with Crippen LogP contribution in [0.3, 0.4) is 0 Å². The highest BCUT2D eigenvalue weighted by Gasteiger charge is 2.36. The summed E-state index contributed by atoms with van der Waals surface area (Å²) in [7, 11) is 0. The van der Waals surface area contributed by atoms with E-state index in [1.165, 1.54) is 43.8 Å². The molecule has 0 atom stereocenters. The van der Waals surface area contributed by atoms with Crippen molar-refractivity contribution in [1.82, 2.24) is 0 Å². The highest BCUT2D eigenvalue weighted by Crippen LogP contribution is 2.53. The number of nitrogens with zero attached hydrogens (tertiary/aromatic N) is 1. The fourth-order valence-electron chi connectivity index (χ4n) is 9.53. The highest BCUT2D eigenvalue weighted by atomic mass is 16.3. The van der Waals surface area contributed by atoms with Crippen molar-refractivity contribution in [3.8, 4) is 22.3 Å². The number of fused-ring (bicyclic) bond motifs is 11. The third-order valence-electron chi connectivity index (χ3n) is 12.2. The molecular weight excluding hydrogens is 683 g/mol. The Morgan fingerprint density at radius 2 is 1.09 bits per heavy atom. The van der Waals surface area contributed by atoms with Crippen molar-refractivity contribution in [3.63, 3.8) is 0 Å². The van der Waals surface area contributed by atoms with Crippen molar-refractivity contribution in [1.29, 1.82) is 0 Å². The molecule has 264 valence electrons. The lowest BCUT2D eigenvalue weighted by Crippen LogP contribution is -2.16. The van der Waals surface area contributed by atoms with E-state index in [9.17, 15) is 0 Å². The lowest BCUT2D eigenvalue weighted by atomic mass is 9.82. The van der Waals surface area contributed by atoms with Crippen molar-refractivity contribution >= 4 is 82.5 Å². The van der Waals surface area contributed by atoms with Crippen LogP contribution in [0.25, 0.3) is 87.7 Å². The Hall–Kier alpha value is -7.10. The maximum atomic E-state index is 7.09. The molecule has 56 heavy (non-hydrogen) atoms. The van der Waals surface area contributed by atoms with Gasteiger partial charge in [-0.15, -0.1) is 0 Å². The Morgan fingerprint density at radius 3 is 1.95 bits per heavy atom. The van der Waals surface area contributed by atoms with Gasteiger partial charge < -0.3 is 13.7 Å². The Morgan fingerprint density at radius 1 is 0.429 bits per heavy atom. The van der Waals surface area contributed by atoms with Gasteiger partial charge in [0.25, 0.3) is 0 Å². The SMILES string of the molecule is CC1(C)c2ccccc2-c2ccc(N(c3ccc4ccccc4c3)c3cccc4oc5c(-c6ccc7ccccc7c6)c6c(cc5c34)oc3ccccc36)cc21. The first kappa shape index (κ1) is 31.3. The maximum Gasteiger partial charge on any atom is 0.144 e. The Kier molecular flexibility index (Phi) is 6.40. The second-order valence-electron chi connectivity index (χ2n) is 15.7. The summed E-state index contributed by atoms with van der Waals surface area (Å²) < 4.78 is 13.8. The van der Waals surface area contributed by atoms with Crippen LogP contribution in [-0.4, -0.2) is 0 Å². The van der Waals surface area contributed by atoms with Crippen molar-refractivity contribution in [2.24, 2.45) is 0 Å². The molecule has 12 rings (SSSR count). The second kappa shape index (κ2) is 11.5. The minimum atomic E-state index is -0.146. The molecule has 3 nitrogen and oxygen atoms in total. The van der Waals surface area contributed by atoms with E-state index in [0.717, 1.165) is 72.1 Å². The van der Waals surface area contributed by atoms with Gasteiger partial charge in [0.1, 0.15) is 22.3 Å². The molecule has 0 aliphatic heterocycles. The normalized spacial score (nSPS) is 13.3. The molecule has 0 saturated heterocycles. The Balaban J connectivity index is 1.17. The van der Waals surface area contributed by atoms with E-state index in [1.54, 1.807) is 0 Å². The Labute approximate surface area is 323 Å². The monoisotopic (exact) mass is 717 g/mol. The molecule has 3 heteroatoms. The summed E-state index contributed by atoms with van der Waals surface area (Å²) >= 11 is 0. The van der Waals surface area contributed by atoms with Crippen LogP contribution in [0.4, 0.5) is 17.1 Å². The first-order valence-corrected chi connectivity index (χ1v) is 19.3. The molecule has 0 fully saturated rings. The van der Waals surface area contributed by atoms with Gasteiger partial charge >= 0.3 is 0 Å². The van der Waals surface area contributed by atoms with Crippen molar-refractivity contribution in [2.45, 2.75) is 19.3 Å². The molecule has 9 aromatic carbocycles. The van der Waals surface area contributed by atoms with Crippen LogP contribution >= 0.6 is 0 Å². The van der Waals surface area contributed by atoms with E-state index in [0.29, 0.717) is 0 Å². The summed E-state index contributed by atoms with van der Waals surface area (Å²) in [4.78, 5) is 2.42. The van der Waals surface area contributed by atoms with Crippen molar-refractivity contribution in [2.75, 3.05) is 4.90 Å². The summed E-state index contributed by atoms with van der Waals surface area (Å²) in [5.41, 5.74) is 13.9. The van der Waals surface area contributed by atoms with Crippen LogP contribution < -0.4 is 4.90 Å². The van der Waals surface area contributed by atoms with Gasteiger partial charge in [0, 0.05) is 38.5 Å². The minimum absolute atomic E-state index is 0.146. The molecule has 1 aliphatic rings. The first-order valence-electron chi connectivity index (χ1n) is 19.3. The largest absolute Gasteiger partial charge is 0.456 e. The Bertz CT molecular complexity index is 3420. The molecular formula is C53H35NO2. The van der Waals surface area contributed by atoms with Crippen LogP contribution in [0.1, 0.15) is 25.0 Å². The van der Waals surface area contributed by atoms with Crippen LogP contribution in [-0.2, 0) is 5.41 Å². The summed E-state index contributed by atoms with van der Waals surface area (Å²) in [6.45, 7) is 4.69. The van der Waals surface area contributed by atoms with E-state index in [-0.39, 0.29) is 5.41 Å². The standard InChI is InChI=1S/C53H35NO2/c1-53(2)43-18-9-7-16-39(43)40-27-26-38(30-44(40)53)54(37-25-24-33-13-4-6-15-35(33)29-37)45-19-11-21-47-50(45)42-31-48-51(41-17-8-10-20-46(41)55-48)49(52(42)56-47)36-23-22-32-12-3-5-14-34(32)28-36/h3-31H,1-2H3. The molecule has 0 spiro atoms. The molecule has 0 bridgehead atoms. The molecule has 0 saturated carbocycles. The number of hydrogen-bond acceptors (Lipinski definition) is 3. The van der Waals surface area contributed by atoms with Crippen molar-refractivity contribution in [3.05, 3.63) is 187 Å². The molecule has 1 aliphatic carbocycles. The van der Waals surface area contributed by atoms with Gasteiger partial charge in [-0.2, -0.15) is 0 Å². The first-order chi connectivity index (χ1) is 27.5. The minimum Gasteiger partial charge on any atom is -0.456 e. The number of furan rings is 2. The fourth-order valence-corrected chi connectivity index (χ4v) is 9.53. The molecule has 2 heterocycles. The lowest BCUT2D eigenvalue weighted by Gasteiger charge is -2.29. The van der Waals surface area contributed by atoms with Crippen LogP contribution in [0.15, 0.2) is 185 Å². The maximum absolute atomic E-state index is 7.09. The molecule has 2 aromatic heterocycles. The van der Waals surface area contributed by atoms with Gasteiger partial charge in [-0.3, -0.25) is 0 Å². The van der Waals surface area contributed by atoms with Gasteiger partial charge in [-0.05, 0) is 104 Å². The zero-order chi connectivity index (χ0) is 37.1. The zero-order valence-electron chi connectivity index (χ0n) is 31.0. The molecule has 0 amide bonds. The predicted octanol–water partition coefficient (Wildman–Crippen LogP) is 15.2. The number of hydrogen-bond donors (Lipinski definition) is 0. The highest BCUT2D eigenvalue weighted by molar-refractivity contribution is 6.26. The van der Waals surface area contributed by atoms with Gasteiger partial charge in [0.05, 0.1) is 11.1 Å².